The zero-order chi connectivity index (χ0) is 27.9. The average molecular weight is 527 g/mol. The van der Waals surface area contributed by atoms with E-state index in [0.29, 0.717) is 5.57 Å². The molecular formula is C27H42O10. The van der Waals surface area contributed by atoms with Crippen LogP contribution in [0, 0.1) is 28.6 Å². The Kier molecular flexibility index (Phi) is 6.91. The minimum atomic E-state index is -2.12. The van der Waals surface area contributed by atoms with E-state index in [0.717, 1.165) is 6.92 Å². The molecule has 3 fully saturated rings. The first-order chi connectivity index (χ1) is 16.9. The van der Waals surface area contributed by atoms with Crippen LogP contribution in [0.15, 0.2) is 11.6 Å². The first-order valence-electron chi connectivity index (χ1n) is 13.2. The molecule has 13 atom stereocenters. The van der Waals surface area contributed by atoms with Crippen LogP contribution in [0.4, 0.5) is 0 Å². The third-order valence-electron chi connectivity index (χ3n) is 10.8. The van der Waals surface area contributed by atoms with E-state index >= 15 is 0 Å². The van der Waals surface area contributed by atoms with Crippen LogP contribution in [0.2, 0.25) is 0 Å². The summed E-state index contributed by atoms with van der Waals surface area (Å²) < 4.78 is 0. The van der Waals surface area contributed by atoms with Crippen molar-refractivity contribution in [1.82, 2.24) is 0 Å². The number of aldehydes is 1. The lowest BCUT2D eigenvalue weighted by atomic mass is 9.44. The van der Waals surface area contributed by atoms with Crippen molar-refractivity contribution in [1.29, 1.82) is 0 Å². The summed E-state index contributed by atoms with van der Waals surface area (Å²) in [5, 5.41) is 87.2. The van der Waals surface area contributed by atoms with Crippen LogP contribution in [0.3, 0.4) is 0 Å². The maximum Gasteiger partial charge on any atom is 0.159 e. The van der Waals surface area contributed by atoms with E-state index in [9.17, 15) is 50.4 Å². The Labute approximate surface area is 216 Å². The molecule has 0 aromatic heterocycles. The molecule has 0 aromatic rings. The van der Waals surface area contributed by atoms with Crippen LogP contribution >= 0.6 is 0 Å². The molecule has 8 N–H and O–H groups in total. The first-order valence-corrected chi connectivity index (χ1v) is 13.2. The quantitative estimate of drug-likeness (QED) is 0.198. The molecule has 37 heavy (non-hydrogen) atoms. The number of fused-ring (bicyclic) bond motifs is 5. The van der Waals surface area contributed by atoms with E-state index in [2.05, 4.69) is 0 Å². The lowest BCUT2D eigenvalue weighted by molar-refractivity contribution is -0.200. The maximum absolute atomic E-state index is 13.3. The summed E-state index contributed by atoms with van der Waals surface area (Å²) in [5.74, 6) is -2.31. The van der Waals surface area contributed by atoms with E-state index in [1.54, 1.807) is 6.92 Å². The molecule has 0 heterocycles. The van der Waals surface area contributed by atoms with E-state index < -0.39 is 82.3 Å². The highest BCUT2D eigenvalue weighted by molar-refractivity contribution is 5.95. The Morgan fingerprint density at radius 2 is 1.68 bits per heavy atom. The number of hydrogen-bond donors (Lipinski definition) is 8. The predicted octanol–water partition coefficient (Wildman–Crippen LogP) is -1.03. The lowest BCUT2D eigenvalue weighted by Crippen LogP contribution is -2.66. The highest BCUT2D eigenvalue weighted by atomic mass is 16.4. The summed E-state index contributed by atoms with van der Waals surface area (Å²) in [7, 11) is 0. The fourth-order valence-corrected chi connectivity index (χ4v) is 8.42. The van der Waals surface area contributed by atoms with Gasteiger partial charge in [-0.2, -0.15) is 0 Å². The van der Waals surface area contributed by atoms with Gasteiger partial charge >= 0.3 is 0 Å². The van der Waals surface area contributed by atoms with E-state index in [1.165, 1.54) is 13.0 Å². The summed E-state index contributed by atoms with van der Waals surface area (Å²) in [6.07, 6.45) is -4.75. The van der Waals surface area contributed by atoms with Crippen molar-refractivity contribution >= 4 is 12.1 Å². The molecular weight excluding hydrogens is 484 g/mol. The minimum Gasteiger partial charge on any atom is -0.392 e. The van der Waals surface area contributed by atoms with Crippen LogP contribution in [0.1, 0.15) is 66.2 Å². The molecule has 210 valence electrons. The smallest absolute Gasteiger partial charge is 0.159 e. The predicted molar refractivity (Wildman–Crippen MR) is 130 cm³/mol. The Hall–Kier alpha value is -1.24. The maximum atomic E-state index is 13.3. The monoisotopic (exact) mass is 526 g/mol. The van der Waals surface area contributed by atoms with Crippen molar-refractivity contribution in [2.24, 2.45) is 28.6 Å². The molecule has 0 bridgehead atoms. The summed E-state index contributed by atoms with van der Waals surface area (Å²) in [4.78, 5) is 24.4. The van der Waals surface area contributed by atoms with Gasteiger partial charge in [-0.1, -0.05) is 13.8 Å². The van der Waals surface area contributed by atoms with Gasteiger partial charge in [0.25, 0.3) is 0 Å². The third kappa shape index (κ3) is 3.98. The molecule has 10 heteroatoms. The van der Waals surface area contributed by atoms with Gasteiger partial charge in [0.2, 0.25) is 0 Å². The van der Waals surface area contributed by atoms with Crippen molar-refractivity contribution in [2.45, 2.75) is 114 Å². The van der Waals surface area contributed by atoms with Gasteiger partial charge < -0.3 is 45.6 Å². The van der Waals surface area contributed by atoms with Crippen molar-refractivity contribution in [3.05, 3.63) is 11.6 Å². The van der Waals surface area contributed by atoms with Crippen molar-refractivity contribution in [2.75, 3.05) is 0 Å². The van der Waals surface area contributed by atoms with Crippen molar-refractivity contribution < 1.29 is 50.4 Å². The van der Waals surface area contributed by atoms with Crippen molar-refractivity contribution in [3.8, 4) is 0 Å². The second-order valence-corrected chi connectivity index (χ2v) is 13.1. The van der Waals surface area contributed by atoms with E-state index in [1.807, 2.05) is 6.92 Å². The number of allylic oxidation sites excluding steroid dienone is 1. The fraction of sp³-hybridized carbons (Fsp3) is 0.852. The number of carbonyl (C=O) groups excluding carboxylic acids is 2. The van der Waals surface area contributed by atoms with Crippen LogP contribution in [-0.4, -0.2) is 100 Å². The van der Waals surface area contributed by atoms with Gasteiger partial charge in [0, 0.05) is 23.7 Å². The topological polar surface area (TPSA) is 196 Å². The molecule has 4 aliphatic carbocycles. The van der Waals surface area contributed by atoms with Crippen LogP contribution in [0.5, 0.6) is 0 Å². The molecule has 0 saturated heterocycles. The van der Waals surface area contributed by atoms with Gasteiger partial charge in [-0.05, 0) is 68.9 Å². The number of rotatable bonds is 6. The molecule has 0 spiro atoms. The van der Waals surface area contributed by atoms with Crippen LogP contribution in [-0.2, 0) is 9.59 Å². The Bertz CT molecular complexity index is 976. The van der Waals surface area contributed by atoms with Crippen molar-refractivity contribution in [3.63, 3.8) is 0 Å². The largest absolute Gasteiger partial charge is 0.392 e. The molecule has 0 radical (unpaired) electrons. The molecule has 10 nitrogen and oxygen atoms in total. The molecule has 4 rings (SSSR count). The van der Waals surface area contributed by atoms with Gasteiger partial charge in [-0.25, -0.2) is 0 Å². The average Bonchev–Trinajstić information content (AvgIpc) is 3.07. The number of carbonyl (C=O) groups is 2. The van der Waals surface area contributed by atoms with Crippen LogP contribution in [0.25, 0.3) is 0 Å². The Morgan fingerprint density at radius 3 is 2.27 bits per heavy atom. The highest BCUT2D eigenvalue weighted by Crippen LogP contribution is 2.68. The fourth-order valence-electron chi connectivity index (χ4n) is 8.42. The van der Waals surface area contributed by atoms with E-state index in [-0.39, 0.29) is 44.2 Å². The zero-order valence-corrected chi connectivity index (χ0v) is 21.9. The second-order valence-electron chi connectivity index (χ2n) is 13.1. The highest BCUT2D eigenvalue weighted by Gasteiger charge is 2.71. The molecule has 0 aromatic carbocycles. The van der Waals surface area contributed by atoms with Gasteiger partial charge in [0.15, 0.2) is 12.1 Å². The zero-order valence-electron chi connectivity index (χ0n) is 21.9. The SMILES string of the molecule is CC(O)(C=O)[C@H](O)C[C@@H](O)[C@](C)(O)[C@H]1CC[C@@]2(O)C3=CC(=O)[C@@H]4C[C@@H](O)[C@@H](O)C[C@]4(C)[C@H]3[C@H](O)C[C@]12C. The van der Waals surface area contributed by atoms with E-state index in [4.69, 9.17) is 0 Å². The second kappa shape index (κ2) is 8.89. The molecule has 3 saturated carbocycles. The lowest BCUT2D eigenvalue weighted by Gasteiger charge is -2.62. The summed E-state index contributed by atoms with van der Waals surface area (Å²) in [6, 6.07) is 0. The third-order valence-corrected chi connectivity index (χ3v) is 10.8. The first kappa shape index (κ1) is 28.8. The molecule has 4 aliphatic rings. The number of hydrogen-bond acceptors (Lipinski definition) is 10. The van der Waals surface area contributed by atoms with Gasteiger partial charge in [-0.3, -0.25) is 4.79 Å². The Balaban J connectivity index is 1.70. The van der Waals surface area contributed by atoms with Gasteiger partial charge in [0.05, 0.1) is 41.7 Å². The number of ketones is 1. The minimum absolute atomic E-state index is 0.0444. The molecule has 0 amide bonds. The van der Waals surface area contributed by atoms with Crippen LogP contribution < -0.4 is 0 Å². The standard InChI is InChI=1S/C27H42O10/c1-23-10-17(31)16(30)7-13(23)15(29)8-14-22(23)18(32)11-24(2)19(5-6-27(14,24)37)26(4,36)21(34)9-20(33)25(3,35)12-28/h8,12-13,16-22,30-37H,5-7,9-11H2,1-4H3/t13-,16+,17-,18+,19-,20+,21+,22+,23-,24+,25?,26+,27+/m0/s1. The summed E-state index contributed by atoms with van der Waals surface area (Å²) in [5.41, 5.74) is -7.30. The Morgan fingerprint density at radius 1 is 1.05 bits per heavy atom. The van der Waals surface area contributed by atoms with Gasteiger partial charge in [0.1, 0.15) is 5.60 Å². The number of aliphatic hydroxyl groups excluding tert-OH is 5. The molecule has 1 unspecified atom stereocenters. The normalized spacial score (nSPS) is 48.4. The molecule has 0 aliphatic heterocycles. The summed E-state index contributed by atoms with van der Waals surface area (Å²) >= 11 is 0. The van der Waals surface area contributed by atoms with Gasteiger partial charge in [-0.15, -0.1) is 0 Å². The number of aliphatic hydroxyl groups is 8. The summed E-state index contributed by atoms with van der Waals surface area (Å²) in [6.45, 7) is 5.99.